The first kappa shape index (κ1) is 16.2. The van der Waals surface area contributed by atoms with E-state index < -0.39 is 0 Å². The van der Waals surface area contributed by atoms with Gasteiger partial charge in [-0.2, -0.15) is 0 Å². The van der Waals surface area contributed by atoms with Gasteiger partial charge >= 0.3 is 0 Å². The lowest BCUT2D eigenvalue weighted by Crippen LogP contribution is -2.07. The molecule has 0 spiro atoms. The van der Waals surface area contributed by atoms with Crippen molar-refractivity contribution in [2.45, 2.75) is 0 Å². The minimum Gasteiger partial charge on any atom is -0.298 e. The molecule has 0 aliphatic rings. The van der Waals surface area contributed by atoms with Crippen LogP contribution in [0, 0.1) is 0 Å². The molecule has 7 heteroatoms. The molecule has 0 aliphatic heterocycles. The summed E-state index contributed by atoms with van der Waals surface area (Å²) in [5, 5.41) is 8.16. The molecular formula is C16H10Cl2N2OS2. The third-order valence-electron chi connectivity index (χ3n) is 2.88. The van der Waals surface area contributed by atoms with Crippen molar-refractivity contribution in [2.24, 2.45) is 0 Å². The number of nitrogens with zero attached hydrogens (tertiary/aromatic N) is 1. The van der Waals surface area contributed by atoms with Gasteiger partial charge in [0.05, 0.1) is 10.7 Å². The van der Waals surface area contributed by atoms with Gasteiger partial charge in [-0.15, -0.1) is 22.7 Å². The number of nitrogens with one attached hydrogen (secondary N) is 1. The van der Waals surface area contributed by atoms with Crippen LogP contribution < -0.4 is 5.32 Å². The van der Waals surface area contributed by atoms with E-state index in [1.54, 1.807) is 29.5 Å². The molecule has 116 valence electrons. The van der Waals surface area contributed by atoms with Crippen LogP contribution in [0.4, 0.5) is 5.13 Å². The van der Waals surface area contributed by atoms with E-state index in [0.717, 1.165) is 10.4 Å². The molecule has 1 amide bonds. The second-order valence-electron chi connectivity index (χ2n) is 4.50. The van der Waals surface area contributed by atoms with Crippen LogP contribution in [0.15, 0.2) is 47.2 Å². The summed E-state index contributed by atoms with van der Waals surface area (Å²) >= 11 is 15.0. The van der Waals surface area contributed by atoms with Crippen LogP contribution in [0.2, 0.25) is 10.0 Å². The number of hydrogen-bond acceptors (Lipinski definition) is 4. The summed E-state index contributed by atoms with van der Waals surface area (Å²) in [4.78, 5) is 17.3. The molecule has 1 N–H and O–H groups in total. The van der Waals surface area contributed by atoms with Crippen LogP contribution in [0.25, 0.3) is 17.3 Å². The van der Waals surface area contributed by atoms with Gasteiger partial charge in [0.1, 0.15) is 0 Å². The molecule has 2 heterocycles. The predicted octanol–water partition coefficient (Wildman–Crippen LogP) is 5.83. The number of halogens is 2. The molecule has 3 nitrogen and oxygen atoms in total. The van der Waals surface area contributed by atoms with Gasteiger partial charge in [0.15, 0.2) is 5.13 Å². The molecule has 0 saturated heterocycles. The third-order valence-corrected chi connectivity index (χ3v) is 5.03. The number of rotatable bonds is 4. The predicted molar refractivity (Wildman–Crippen MR) is 99.6 cm³/mol. The Hall–Kier alpha value is -1.66. The van der Waals surface area contributed by atoms with Gasteiger partial charge in [-0.25, -0.2) is 4.98 Å². The number of amides is 1. The van der Waals surface area contributed by atoms with E-state index in [-0.39, 0.29) is 5.91 Å². The van der Waals surface area contributed by atoms with E-state index >= 15 is 0 Å². The molecule has 2 aromatic heterocycles. The highest BCUT2D eigenvalue weighted by molar-refractivity contribution is 7.14. The largest absolute Gasteiger partial charge is 0.298 e. The van der Waals surface area contributed by atoms with Crippen LogP contribution in [0.5, 0.6) is 0 Å². The van der Waals surface area contributed by atoms with Crippen LogP contribution >= 0.6 is 45.9 Å². The average Bonchev–Trinajstić information content (AvgIpc) is 3.17. The lowest BCUT2D eigenvalue weighted by atomic mass is 10.2. The summed E-state index contributed by atoms with van der Waals surface area (Å²) in [5.74, 6) is -0.221. The van der Waals surface area contributed by atoms with Gasteiger partial charge in [0, 0.05) is 26.9 Å². The first-order chi connectivity index (χ1) is 11.1. The Kier molecular flexibility index (Phi) is 5.13. The fourth-order valence-electron chi connectivity index (χ4n) is 1.84. The van der Waals surface area contributed by atoms with Crippen molar-refractivity contribution in [2.75, 3.05) is 5.32 Å². The number of benzene rings is 1. The molecule has 0 unspecified atom stereocenters. The zero-order valence-electron chi connectivity index (χ0n) is 11.6. The van der Waals surface area contributed by atoms with Crippen molar-refractivity contribution in [1.82, 2.24) is 4.98 Å². The van der Waals surface area contributed by atoms with Crippen molar-refractivity contribution >= 4 is 63.0 Å². The lowest BCUT2D eigenvalue weighted by molar-refractivity contribution is -0.111. The van der Waals surface area contributed by atoms with E-state index in [0.29, 0.717) is 20.9 Å². The fourth-order valence-corrected chi connectivity index (χ4v) is 3.68. The van der Waals surface area contributed by atoms with Gasteiger partial charge in [-0.1, -0.05) is 29.3 Å². The fraction of sp³-hybridized carbons (Fsp3) is 0. The molecule has 0 aliphatic carbocycles. The molecule has 23 heavy (non-hydrogen) atoms. The SMILES string of the molecule is O=C(/C=C/c1cccs1)Nc1nc(-c2ccc(Cl)cc2Cl)cs1. The Balaban J connectivity index is 1.71. The van der Waals surface area contributed by atoms with E-state index in [4.69, 9.17) is 23.2 Å². The average molecular weight is 381 g/mol. The van der Waals surface area contributed by atoms with Gasteiger partial charge in [-0.05, 0) is 35.7 Å². The minimum absolute atomic E-state index is 0.221. The summed E-state index contributed by atoms with van der Waals surface area (Å²) in [7, 11) is 0. The Bertz CT molecular complexity index is 857. The Morgan fingerprint density at radius 3 is 2.83 bits per heavy atom. The summed E-state index contributed by atoms with van der Waals surface area (Å²) in [6, 6.07) is 9.11. The van der Waals surface area contributed by atoms with Crippen LogP contribution in [-0.2, 0) is 4.79 Å². The van der Waals surface area contributed by atoms with Crippen LogP contribution in [0.1, 0.15) is 4.88 Å². The van der Waals surface area contributed by atoms with Crippen molar-refractivity contribution in [1.29, 1.82) is 0 Å². The monoisotopic (exact) mass is 380 g/mol. The Morgan fingerprint density at radius 2 is 2.09 bits per heavy atom. The smallest absolute Gasteiger partial charge is 0.250 e. The molecule has 3 rings (SSSR count). The molecule has 0 atom stereocenters. The molecule has 1 aromatic carbocycles. The molecule has 0 fully saturated rings. The van der Waals surface area contributed by atoms with Crippen molar-refractivity contribution < 1.29 is 4.79 Å². The molecule has 0 bridgehead atoms. The van der Waals surface area contributed by atoms with Gasteiger partial charge < -0.3 is 0 Å². The zero-order chi connectivity index (χ0) is 16.2. The second kappa shape index (κ2) is 7.27. The van der Waals surface area contributed by atoms with E-state index in [9.17, 15) is 4.79 Å². The van der Waals surface area contributed by atoms with E-state index in [1.165, 1.54) is 17.4 Å². The summed E-state index contributed by atoms with van der Waals surface area (Å²) < 4.78 is 0. The number of thiazole rings is 1. The van der Waals surface area contributed by atoms with E-state index in [1.807, 2.05) is 29.0 Å². The summed E-state index contributed by atoms with van der Waals surface area (Å²) in [6.45, 7) is 0. The van der Waals surface area contributed by atoms with Crippen molar-refractivity contribution in [3.8, 4) is 11.3 Å². The Labute approximate surface area is 151 Å². The van der Waals surface area contributed by atoms with Gasteiger partial charge in [-0.3, -0.25) is 10.1 Å². The third kappa shape index (κ3) is 4.20. The first-order valence-corrected chi connectivity index (χ1v) is 9.07. The molecule has 3 aromatic rings. The lowest BCUT2D eigenvalue weighted by Gasteiger charge is -2.01. The number of carbonyl (C=O) groups excluding carboxylic acids is 1. The van der Waals surface area contributed by atoms with Crippen molar-refractivity contribution in [3.63, 3.8) is 0 Å². The molecular weight excluding hydrogens is 371 g/mol. The maximum absolute atomic E-state index is 11.9. The van der Waals surface area contributed by atoms with Gasteiger partial charge in [0.25, 0.3) is 0 Å². The highest BCUT2D eigenvalue weighted by Gasteiger charge is 2.10. The minimum atomic E-state index is -0.221. The van der Waals surface area contributed by atoms with E-state index in [2.05, 4.69) is 10.3 Å². The van der Waals surface area contributed by atoms with Crippen molar-refractivity contribution in [3.05, 3.63) is 62.1 Å². The summed E-state index contributed by atoms with van der Waals surface area (Å²) in [6.07, 6.45) is 3.26. The molecule has 0 saturated carbocycles. The summed E-state index contributed by atoms with van der Waals surface area (Å²) in [5.41, 5.74) is 1.48. The quantitative estimate of drug-likeness (QED) is 0.578. The number of carbonyl (C=O) groups is 1. The maximum Gasteiger partial charge on any atom is 0.250 e. The maximum atomic E-state index is 11.9. The highest BCUT2D eigenvalue weighted by atomic mass is 35.5. The van der Waals surface area contributed by atoms with Gasteiger partial charge in [0.2, 0.25) is 5.91 Å². The van der Waals surface area contributed by atoms with Crippen LogP contribution in [-0.4, -0.2) is 10.9 Å². The zero-order valence-corrected chi connectivity index (χ0v) is 14.8. The topological polar surface area (TPSA) is 42.0 Å². The number of thiophene rings is 1. The van der Waals surface area contributed by atoms with Crippen LogP contribution in [0.3, 0.4) is 0 Å². The molecule has 0 radical (unpaired) electrons. The standard InChI is InChI=1S/C16H10Cl2N2OS2/c17-10-3-5-12(13(18)8-10)14-9-23-16(19-14)20-15(21)6-4-11-2-1-7-22-11/h1-9H,(H,19,20,21)/b6-4+. The normalized spacial score (nSPS) is 11.0. The number of aromatic nitrogens is 1. The highest BCUT2D eigenvalue weighted by Crippen LogP contribution is 2.32. The Morgan fingerprint density at radius 1 is 1.22 bits per heavy atom. The first-order valence-electron chi connectivity index (χ1n) is 6.55. The number of anilines is 1. The second-order valence-corrected chi connectivity index (χ2v) is 7.18. The number of hydrogen-bond donors (Lipinski definition) is 1.